The second-order valence-corrected chi connectivity index (χ2v) is 5.97. The van der Waals surface area contributed by atoms with Crippen molar-refractivity contribution in [3.8, 4) is 0 Å². The van der Waals surface area contributed by atoms with Gasteiger partial charge in [-0.05, 0) is 52.7 Å². The molecule has 2 rings (SSSR count). The van der Waals surface area contributed by atoms with Crippen LogP contribution in [0.25, 0.3) is 0 Å². The molecule has 100 valence electrons. The van der Waals surface area contributed by atoms with Gasteiger partial charge in [-0.25, -0.2) is 0 Å². The van der Waals surface area contributed by atoms with Crippen LogP contribution >= 0.6 is 0 Å². The summed E-state index contributed by atoms with van der Waals surface area (Å²) >= 11 is 0. The van der Waals surface area contributed by atoms with Gasteiger partial charge in [-0.1, -0.05) is 6.92 Å². The van der Waals surface area contributed by atoms with Gasteiger partial charge in [0.05, 0.1) is 0 Å². The third kappa shape index (κ3) is 3.94. The summed E-state index contributed by atoms with van der Waals surface area (Å²) in [5.74, 6) is 0. The van der Waals surface area contributed by atoms with Gasteiger partial charge < -0.3 is 10.2 Å². The molecular weight excluding hydrogens is 210 g/mol. The van der Waals surface area contributed by atoms with Crippen molar-refractivity contribution in [3.05, 3.63) is 0 Å². The average molecular weight is 239 g/mol. The number of likely N-dealkylation sites (N-methyl/N-ethyl adjacent to an activating group) is 2. The predicted octanol–water partition coefficient (Wildman–Crippen LogP) is 1.54. The maximum atomic E-state index is 3.68. The largest absolute Gasteiger partial charge is 0.312 e. The van der Waals surface area contributed by atoms with E-state index >= 15 is 0 Å². The third-order valence-corrected chi connectivity index (χ3v) is 4.44. The Hall–Kier alpha value is -0.120. The molecule has 0 amide bonds. The molecule has 1 aliphatic heterocycles. The van der Waals surface area contributed by atoms with Crippen molar-refractivity contribution in [3.63, 3.8) is 0 Å². The molecule has 1 N–H and O–H groups in total. The Kier molecular flexibility index (Phi) is 4.83. The lowest BCUT2D eigenvalue weighted by Crippen LogP contribution is -2.51. The van der Waals surface area contributed by atoms with E-state index in [9.17, 15) is 0 Å². The van der Waals surface area contributed by atoms with Crippen molar-refractivity contribution < 1.29 is 0 Å². The number of nitrogens with one attached hydrogen (secondary N) is 1. The second kappa shape index (κ2) is 6.17. The molecule has 0 aromatic carbocycles. The minimum atomic E-state index is 0.715. The second-order valence-electron chi connectivity index (χ2n) is 5.97. The number of rotatable bonds is 6. The lowest BCUT2D eigenvalue weighted by molar-refractivity contribution is 0.0956. The maximum absolute atomic E-state index is 3.68. The highest BCUT2D eigenvalue weighted by Crippen LogP contribution is 2.20. The first-order valence-electron chi connectivity index (χ1n) is 7.34. The summed E-state index contributed by atoms with van der Waals surface area (Å²) in [6, 6.07) is 2.32. The van der Waals surface area contributed by atoms with Crippen LogP contribution in [-0.2, 0) is 0 Å². The first kappa shape index (κ1) is 13.3. The average Bonchev–Trinajstić information content (AvgIpc) is 3.13. The van der Waals surface area contributed by atoms with Crippen LogP contribution in [0.1, 0.15) is 39.0 Å². The first-order valence-corrected chi connectivity index (χ1v) is 7.34. The molecule has 3 nitrogen and oxygen atoms in total. The van der Waals surface area contributed by atoms with Gasteiger partial charge in [0.25, 0.3) is 0 Å². The van der Waals surface area contributed by atoms with Crippen LogP contribution in [-0.4, -0.2) is 61.7 Å². The Bertz CT molecular complexity index is 228. The Morgan fingerprint density at radius 3 is 2.71 bits per heavy atom. The highest BCUT2D eigenvalue weighted by molar-refractivity contribution is 4.86. The topological polar surface area (TPSA) is 18.5 Å². The SMILES string of the molecule is CCC(CNC1CC1)N(C)C1CCCN(C)C1. The fraction of sp³-hybridized carbons (Fsp3) is 1.00. The Morgan fingerprint density at radius 1 is 1.35 bits per heavy atom. The van der Waals surface area contributed by atoms with Gasteiger partial charge in [-0.3, -0.25) is 4.90 Å². The van der Waals surface area contributed by atoms with Crippen LogP contribution in [0.4, 0.5) is 0 Å². The fourth-order valence-corrected chi connectivity index (χ4v) is 2.94. The van der Waals surface area contributed by atoms with E-state index in [4.69, 9.17) is 0 Å². The highest BCUT2D eigenvalue weighted by atomic mass is 15.2. The molecule has 2 aliphatic rings. The van der Waals surface area contributed by atoms with Crippen LogP contribution in [0.15, 0.2) is 0 Å². The predicted molar refractivity (Wildman–Crippen MR) is 73.4 cm³/mol. The van der Waals surface area contributed by atoms with Crippen molar-refractivity contribution in [1.82, 2.24) is 15.1 Å². The minimum absolute atomic E-state index is 0.715. The van der Waals surface area contributed by atoms with E-state index < -0.39 is 0 Å². The van der Waals surface area contributed by atoms with E-state index in [-0.39, 0.29) is 0 Å². The summed E-state index contributed by atoms with van der Waals surface area (Å²) in [6.45, 7) is 6.03. The number of nitrogens with zero attached hydrogens (tertiary/aromatic N) is 2. The zero-order valence-electron chi connectivity index (χ0n) is 11.8. The van der Waals surface area contributed by atoms with Crippen molar-refractivity contribution in [2.45, 2.75) is 57.2 Å². The smallest absolute Gasteiger partial charge is 0.0223 e. The van der Waals surface area contributed by atoms with E-state index in [1.54, 1.807) is 0 Å². The summed E-state index contributed by atoms with van der Waals surface area (Å²) in [5, 5.41) is 3.68. The van der Waals surface area contributed by atoms with Gasteiger partial charge in [0.15, 0.2) is 0 Å². The molecular formula is C14H29N3. The first-order chi connectivity index (χ1) is 8.20. The summed E-state index contributed by atoms with van der Waals surface area (Å²) in [7, 11) is 4.58. The van der Waals surface area contributed by atoms with Crippen molar-refractivity contribution in [2.75, 3.05) is 33.7 Å². The van der Waals surface area contributed by atoms with Gasteiger partial charge >= 0.3 is 0 Å². The standard InChI is InChI=1S/C14H29N3/c1-4-13(10-15-12-7-8-12)17(3)14-6-5-9-16(2)11-14/h12-15H,4-11H2,1-3H3. The van der Waals surface area contributed by atoms with Crippen molar-refractivity contribution in [1.29, 1.82) is 0 Å². The van der Waals surface area contributed by atoms with Crippen LogP contribution in [0.2, 0.25) is 0 Å². The van der Waals surface area contributed by atoms with Gasteiger partial charge in [-0.2, -0.15) is 0 Å². The number of piperidine rings is 1. The van der Waals surface area contributed by atoms with Crippen LogP contribution in [0.5, 0.6) is 0 Å². The van der Waals surface area contributed by atoms with Crippen molar-refractivity contribution >= 4 is 0 Å². The summed E-state index contributed by atoms with van der Waals surface area (Å²) in [6.07, 6.45) is 6.79. The molecule has 0 radical (unpaired) electrons. The van der Waals surface area contributed by atoms with E-state index in [1.165, 1.54) is 51.7 Å². The zero-order valence-corrected chi connectivity index (χ0v) is 11.8. The number of hydrogen-bond acceptors (Lipinski definition) is 3. The summed E-state index contributed by atoms with van der Waals surface area (Å²) in [5.41, 5.74) is 0. The number of likely N-dealkylation sites (tertiary alicyclic amines) is 1. The summed E-state index contributed by atoms with van der Waals surface area (Å²) < 4.78 is 0. The molecule has 1 aliphatic carbocycles. The summed E-state index contributed by atoms with van der Waals surface area (Å²) in [4.78, 5) is 5.11. The van der Waals surface area contributed by atoms with Crippen molar-refractivity contribution in [2.24, 2.45) is 0 Å². The highest BCUT2D eigenvalue weighted by Gasteiger charge is 2.27. The van der Waals surface area contributed by atoms with E-state index in [0.717, 1.165) is 12.1 Å². The Balaban J connectivity index is 1.79. The van der Waals surface area contributed by atoms with E-state index in [2.05, 4.69) is 36.1 Å². The quantitative estimate of drug-likeness (QED) is 0.758. The zero-order chi connectivity index (χ0) is 12.3. The molecule has 2 atom stereocenters. The Morgan fingerprint density at radius 2 is 2.12 bits per heavy atom. The molecule has 2 unspecified atom stereocenters. The molecule has 1 saturated heterocycles. The molecule has 0 bridgehead atoms. The van der Waals surface area contributed by atoms with E-state index in [1.807, 2.05) is 0 Å². The normalized spacial score (nSPS) is 28.6. The molecule has 1 saturated carbocycles. The van der Waals surface area contributed by atoms with Crippen LogP contribution in [0.3, 0.4) is 0 Å². The lowest BCUT2D eigenvalue weighted by Gasteiger charge is -2.40. The molecule has 3 heteroatoms. The fourth-order valence-electron chi connectivity index (χ4n) is 2.94. The maximum Gasteiger partial charge on any atom is 0.0223 e. The molecule has 2 fully saturated rings. The molecule has 0 aromatic heterocycles. The third-order valence-electron chi connectivity index (χ3n) is 4.44. The molecule has 17 heavy (non-hydrogen) atoms. The molecule has 1 heterocycles. The monoisotopic (exact) mass is 239 g/mol. The van der Waals surface area contributed by atoms with Gasteiger partial charge in [0, 0.05) is 31.2 Å². The molecule has 0 aromatic rings. The molecule has 0 spiro atoms. The minimum Gasteiger partial charge on any atom is -0.312 e. The van der Waals surface area contributed by atoms with E-state index in [0.29, 0.717) is 6.04 Å². The van der Waals surface area contributed by atoms with Gasteiger partial charge in [0.2, 0.25) is 0 Å². The van der Waals surface area contributed by atoms with Gasteiger partial charge in [-0.15, -0.1) is 0 Å². The Labute approximate surface area is 107 Å². The number of hydrogen-bond donors (Lipinski definition) is 1. The lowest BCUT2D eigenvalue weighted by atomic mass is 10.0. The van der Waals surface area contributed by atoms with Gasteiger partial charge in [0.1, 0.15) is 0 Å². The van der Waals surface area contributed by atoms with Crippen LogP contribution in [0, 0.1) is 0 Å². The van der Waals surface area contributed by atoms with Crippen LogP contribution < -0.4 is 5.32 Å².